The Hall–Kier alpha value is -2.91. The molecule has 1 fully saturated rings. The van der Waals surface area contributed by atoms with Crippen LogP contribution < -0.4 is 10.6 Å². The minimum atomic E-state index is -3.72. The minimum absolute atomic E-state index is 0.120. The zero-order chi connectivity index (χ0) is 26.0. The van der Waals surface area contributed by atoms with Gasteiger partial charge in [0.25, 0.3) is 0 Å². The zero-order valence-corrected chi connectivity index (χ0v) is 21.9. The molecular formula is C27H37N3O5S. The van der Waals surface area contributed by atoms with E-state index < -0.39 is 27.2 Å². The van der Waals surface area contributed by atoms with Crippen LogP contribution in [0.3, 0.4) is 0 Å². The van der Waals surface area contributed by atoms with Crippen molar-refractivity contribution in [3.63, 3.8) is 0 Å². The quantitative estimate of drug-likeness (QED) is 0.478. The second kappa shape index (κ2) is 13.4. The molecule has 0 aliphatic carbocycles. The number of nitrogens with one attached hydrogen (secondary N) is 2. The number of hydrogen-bond acceptors (Lipinski definition) is 5. The molecule has 8 nitrogen and oxygen atoms in total. The first-order valence-corrected chi connectivity index (χ1v) is 14.2. The summed E-state index contributed by atoms with van der Waals surface area (Å²) in [6.07, 6.45) is 1.12. The number of carbonyl (C=O) groups is 2. The molecular weight excluding hydrogens is 478 g/mol. The molecule has 1 aliphatic heterocycles. The first-order chi connectivity index (χ1) is 17.2. The molecule has 1 saturated heterocycles. The summed E-state index contributed by atoms with van der Waals surface area (Å²) in [6.45, 7) is 5.72. The third kappa shape index (κ3) is 8.64. The maximum atomic E-state index is 13.4. The van der Waals surface area contributed by atoms with Crippen LogP contribution in [-0.4, -0.2) is 63.0 Å². The number of morpholine rings is 1. The predicted molar refractivity (Wildman–Crippen MR) is 140 cm³/mol. The van der Waals surface area contributed by atoms with Gasteiger partial charge in [-0.2, -0.15) is 0 Å². The first-order valence-electron chi connectivity index (χ1n) is 12.5. The molecule has 2 aromatic carbocycles. The van der Waals surface area contributed by atoms with Crippen LogP contribution in [0, 0.1) is 5.92 Å². The highest BCUT2D eigenvalue weighted by atomic mass is 32.2. The lowest BCUT2D eigenvalue weighted by Gasteiger charge is -2.30. The summed E-state index contributed by atoms with van der Waals surface area (Å²) in [6, 6.07) is 17.3. The number of nitrogens with zero attached hydrogens (tertiary/aromatic N) is 1. The van der Waals surface area contributed by atoms with Crippen molar-refractivity contribution in [2.45, 2.75) is 50.3 Å². The van der Waals surface area contributed by atoms with Crippen LogP contribution in [0.1, 0.15) is 37.8 Å². The van der Waals surface area contributed by atoms with Crippen molar-refractivity contribution in [1.82, 2.24) is 15.5 Å². The molecule has 0 aromatic heterocycles. The second-order valence-electron chi connectivity index (χ2n) is 9.55. The van der Waals surface area contributed by atoms with Crippen LogP contribution in [0.5, 0.6) is 0 Å². The summed E-state index contributed by atoms with van der Waals surface area (Å²) in [7, 11) is -3.72. The van der Waals surface area contributed by atoms with Gasteiger partial charge in [-0.15, -0.1) is 0 Å². The maximum Gasteiger partial charge on any atom is 0.318 e. The lowest BCUT2D eigenvalue weighted by Crippen LogP contribution is -2.56. The SMILES string of the molecule is CC(C)C[C@H](NC(=O)N1CCOCC1)C(=O)NC(CCc1ccccc1)S(=O)(=O)Cc1ccccc1. The number of carbonyl (C=O) groups excluding carboxylic acids is 2. The zero-order valence-electron chi connectivity index (χ0n) is 21.1. The summed E-state index contributed by atoms with van der Waals surface area (Å²) in [4.78, 5) is 27.8. The summed E-state index contributed by atoms with van der Waals surface area (Å²) in [5.41, 5.74) is 1.65. The molecule has 196 valence electrons. The largest absolute Gasteiger partial charge is 0.378 e. The van der Waals surface area contributed by atoms with Gasteiger partial charge in [-0.1, -0.05) is 74.5 Å². The van der Waals surface area contributed by atoms with Gasteiger partial charge in [0, 0.05) is 13.1 Å². The van der Waals surface area contributed by atoms with Gasteiger partial charge in [0.15, 0.2) is 9.84 Å². The van der Waals surface area contributed by atoms with E-state index in [4.69, 9.17) is 4.74 Å². The number of amides is 3. The summed E-state index contributed by atoms with van der Waals surface area (Å²) >= 11 is 0. The highest BCUT2D eigenvalue weighted by Crippen LogP contribution is 2.16. The Morgan fingerprint density at radius 3 is 2.08 bits per heavy atom. The van der Waals surface area contributed by atoms with Gasteiger partial charge in [0.05, 0.1) is 19.0 Å². The van der Waals surface area contributed by atoms with Gasteiger partial charge in [0.1, 0.15) is 11.4 Å². The van der Waals surface area contributed by atoms with Crippen molar-refractivity contribution < 1.29 is 22.7 Å². The predicted octanol–water partition coefficient (Wildman–Crippen LogP) is 3.13. The third-order valence-electron chi connectivity index (χ3n) is 6.11. The number of hydrogen-bond donors (Lipinski definition) is 2. The highest BCUT2D eigenvalue weighted by molar-refractivity contribution is 7.91. The van der Waals surface area contributed by atoms with E-state index in [2.05, 4.69) is 10.6 Å². The van der Waals surface area contributed by atoms with Gasteiger partial charge in [-0.05, 0) is 36.3 Å². The van der Waals surface area contributed by atoms with Crippen LogP contribution in [0.2, 0.25) is 0 Å². The normalized spacial score (nSPS) is 15.8. The molecule has 1 unspecified atom stereocenters. The van der Waals surface area contributed by atoms with Crippen LogP contribution in [0.4, 0.5) is 4.79 Å². The van der Waals surface area contributed by atoms with E-state index in [1.807, 2.05) is 50.2 Å². The maximum absolute atomic E-state index is 13.4. The topological polar surface area (TPSA) is 105 Å². The standard InChI is InChI=1S/C27H37N3O5S/c1-21(2)19-24(28-27(32)30-15-17-35-18-16-30)26(31)29-25(14-13-22-9-5-3-6-10-22)36(33,34)20-23-11-7-4-8-12-23/h3-12,21,24-25H,13-20H2,1-2H3,(H,28,32)(H,29,31)/t24-,25?/m0/s1. The van der Waals surface area contributed by atoms with Crippen molar-refractivity contribution in [3.8, 4) is 0 Å². The fourth-order valence-electron chi connectivity index (χ4n) is 4.16. The van der Waals surface area contributed by atoms with E-state index in [-0.39, 0.29) is 24.1 Å². The monoisotopic (exact) mass is 515 g/mol. The van der Waals surface area contributed by atoms with Crippen molar-refractivity contribution in [2.24, 2.45) is 5.92 Å². The average Bonchev–Trinajstić information content (AvgIpc) is 2.87. The van der Waals surface area contributed by atoms with E-state index in [1.165, 1.54) is 0 Å². The van der Waals surface area contributed by atoms with Gasteiger partial charge < -0.3 is 20.3 Å². The summed E-state index contributed by atoms with van der Waals surface area (Å²) in [5.74, 6) is -0.544. The van der Waals surface area contributed by atoms with E-state index in [0.29, 0.717) is 44.7 Å². The van der Waals surface area contributed by atoms with E-state index in [9.17, 15) is 18.0 Å². The Kier molecular flexibility index (Phi) is 10.3. The second-order valence-corrected chi connectivity index (χ2v) is 11.7. The number of ether oxygens (including phenoxy) is 1. The molecule has 0 saturated carbocycles. The van der Waals surface area contributed by atoms with Gasteiger partial charge in [-0.25, -0.2) is 13.2 Å². The Morgan fingerprint density at radius 1 is 0.917 bits per heavy atom. The molecule has 0 bridgehead atoms. The summed E-state index contributed by atoms with van der Waals surface area (Å²) < 4.78 is 32.2. The minimum Gasteiger partial charge on any atom is -0.378 e. The molecule has 2 N–H and O–H groups in total. The third-order valence-corrected chi connectivity index (χ3v) is 8.06. The lowest BCUT2D eigenvalue weighted by molar-refractivity contribution is -0.123. The number of aryl methyl sites for hydroxylation is 1. The molecule has 1 aliphatic rings. The Morgan fingerprint density at radius 2 is 1.50 bits per heavy atom. The molecule has 3 rings (SSSR count). The molecule has 36 heavy (non-hydrogen) atoms. The molecule has 2 atom stereocenters. The Bertz CT molecular complexity index is 1070. The Balaban J connectivity index is 1.76. The molecule has 0 radical (unpaired) electrons. The number of sulfone groups is 1. The van der Waals surface area contributed by atoms with Gasteiger partial charge >= 0.3 is 6.03 Å². The lowest BCUT2D eigenvalue weighted by atomic mass is 10.0. The van der Waals surface area contributed by atoms with Crippen LogP contribution in [-0.2, 0) is 31.5 Å². The van der Waals surface area contributed by atoms with Crippen molar-refractivity contribution >= 4 is 21.8 Å². The van der Waals surface area contributed by atoms with Crippen LogP contribution >= 0.6 is 0 Å². The fourth-order valence-corrected chi connectivity index (χ4v) is 5.79. The van der Waals surface area contributed by atoms with Crippen LogP contribution in [0.15, 0.2) is 60.7 Å². The molecule has 2 aromatic rings. The Labute approximate surface area is 214 Å². The average molecular weight is 516 g/mol. The van der Waals surface area contributed by atoms with Crippen molar-refractivity contribution in [3.05, 3.63) is 71.8 Å². The van der Waals surface area contributed by atoms with Gasteiger partial charge in [-0.3, -0.25) is 4.79 Å². The smallest absolute Gasteiger partial charge is 0.318 e. The molecule has 9 heteroatoms. The number of rotatable bonds is 11. The fraction of sp³-hybridized carbons (Fsp3) is 0.481. The number of benzene rings is 2. The summed E-state index contributed by atoms with van der Waals surface area (Å²) in [5, 5.41) is 4.52. The van der Waals surface area contributed by atoms with Crippen LogP contribution in [0.25, 0.3) is 0 Å². The molecule has 0 spiro atoms. The van der Waals surface area contributed by atoms with E-state index in [0.717, 1.165) is 5.56 Å². The van der Waals surface area contributed by atoms with Gasteiger partial charge in [0.2, 0.25) is 5.91 Å². The van der Waals surface area contributed by atoms with E-state index >= 15 is 0 Å². The van der Waals surface area contributed by atoms with Crippen molar-refractivity contribution in [2.75, 3.05) is 26.3 Å². The molecule has 3 amide bonds. The number of urea groups is 1. The highest BCUT2D eigenvalue weighted by Gasteiger charge is 2.32. The first kappa shape index (κ1) is 27.7. The molecule has 1 heterocycles. The van der Waals surface area contributed by atoms with Crippen molar-refractivity contribution in [1.29, 1.82) is 0 Å². The van der Waals surface area contributed by atoms with E-state index in [1.54, 1.807) is 29.2 Å².